The minimum absolute atomic E-state index is 0.605. The first-order valence-corrected chi connectivity index (χ1v) is 6.43. The van der Waals surface area contributed by atoms with Crippen molar-refractivity contribution in [3.05, 3.63) is 17.0 Å². The smallest absolute Gasteiger partial charge is 0.0641 e. The van der Waals surface area contributed by atoms with E-state index in [1.165, 1.54) is 43.4 Å². The van der Waals surface area contributed by atoms with Gasteiger partial charge in [-0.2, -0.15) is 5.10 Å². The fourth-order valence-corrected chi connectivity index (χ4v) is 2.11. The van der Waals surface area contributed by atoms with Gasteiger partial charge < -0.3 is 5.73 Å². The second-order valence-electron chi connectivity index (χ2n) is 4.49. The van der Waals surface area contributed by atoms with Gasteiger partial charge in [0, 0.05) is 24.3 Å². The molecule has 3 heteroatoms. The highest BCUT2D eigenvalue weighted by atomic mass is 15.3. The van der Waals surface area contributed by atoms with E-state index in [0.29, 0.717) is 6.54 Å². The van der Waals surface area contributed by atoms with Gasteiger partial charge in [-0.05, 0) is 20.3 Å². The third-order valence-corrected chi connectivity index (χ3v) is 3.21. The first kappa shape index (κ1) is 13.2. The number of aromatic nitrogens is 2. The van der Waals surface area contributed by atoms with Gasteiger partial charge in [-0.15, -0.1) is 0 Å². The molecule has 0 unspecified atom stereocenters. The van der Waals surface area contributed by atoms with E-state index in [1.54, 1.807) is 0 Å². The summed E-state index contributed by atoms with van der Waals surface area (Å²) >= 11 is 0. The fraction of sp³-hybridized carbons (Fsp3) is 0.769. The summed E-state index contributed by atoms with van der Waals surface area (Å²) in [5, 5.41) is 4.54. The van der Waals surface area contributed by atoms with Crippen molar-refractivity contribution >= 4 is 0 Å². The van der Waals surface area contributed by atoms with Gasteiger partial charge in [0.2, 0.25) is 0 Å². The van der Waals surface area contributed by atoms with Gasteiger partial charge in [-0.25, -0.2) is 0 Å². The first-order valence-electron chi connectivity index (χ1n) is 6.43. The molecular formula is C13H25N3. The highest BCUT2D eigenvalue weighted by Crippen LogP contribution is 2.13. The number of rotatable bonds is 7. The van der Waals surface area contributed by atoms with Crippen molar-refractivity contribution in [2.45, 2.75) is 66.0 Å². The number of hydrogen-bond acceptors (Lipinski definition) is 2. The zero-order valence-electron chi connectivity index (χ0n) is 10.9. The van der Waals surface area contributed by atoms with Gasteiger partial charge in [0.1, 0.15) is 0 Å². The molecule has 0 aliphatic carbocycles. The molecule has 0 aliphatic rings. The monoisotopic (exact) mass is 223 g/mol. The van der Waals surface area contributed by atoms with Crippen LogP contribution in [0.25, 0.3) is 0 Å². The Morgan fingerprint density at radius 2 is 1.81 bits per heavy atom. The zero-order chi connectivity index (χ0) is 12.0. The first-order chi connectivity index (χ1) is 7.70. The van der Waals surface area contributed by atoms with Crippen LogP contribution in [0.4, 0.5) is 0 Å². The van der Waals surface area contributed by atoms with E-state index in [1.807, 2.05) is 6.92 Å². The molecule has 1 heterocycles. The van der Waals surface area contributed by atoms with Crippen molar-refractivity contribution in [1.82, 2.24) is 9.78 Å². The number of nitrogens with zero attached hydrogens (tertiary/aromatic N) is 2. The summed E-state index contributed by atoms with van der Waals surface area (Å²) in [6, 6.07) is 0. The molecule has 0 bridgehead atoms. The van der Waals surface area contributed by atoms with Gasteiger partial charge in [-0.3, -0.25) is 4.68 Å². The minimum atomic E-state index is 0.605. The largest absolute Gasteiger partial charge is 0.326 e. The van der Waals surface area contributed by atoms with Crippen LogP contribution in [0.5, 0.6) is 0 Å². The highest BCUT2D eigenvalue weighted by Gasteiger charge is 2.08. The minimum Gasteiger partial charge on any atom is -0.326 e. The van der Waals surface area contributed by atoms with Crippen LogP contribution in [-0.4, -0.2) is 9.78 Å². The zero-order valence-corrected chi connectivity index (χ0v) is 10.9. The molecular weight excluding hydrogens is 198 g/mol. The Balaban J connectivity index is 2.42. The van der Waals surface area contributed by atoms with E-state index in [0.717, 1.165) is 12.2 Å². The summed E-state index contributed by atoms with van der Waals surface area (Å²) in [6.45, 7) is 8.05. The number of unbranched alkanes of at least 4 members (excludes halogenated alkanes) is 4. The molecule has 3 nitrogen and oxygen atoms in total. The summed E-state index contributed by atoms with van der Waals surface area (Å²) in [7, 11) is 0. The quantitative estimate of drug-likeness (QED) is 0.722. The van der Waals surface area contributed by atoms with Crippen LogP contribution in [0.2, 0.25) is 0 Å². The van der Waals surface area contributed by atoms with Crippen LogP contribution >= 0.6 is 0 Å². The normalized spacial score (nSPS) is 11.0. The summed E-state index contributed by atoms with van der Waals surface area (Å²) in [5.74, 6) is 0. The average molecular weight is 223 g/mol. The van der Waals surface area contributed by atoms with Crippen LogP contribution in [0.3, 0.4) is 0 Å². The van der Waals surface area contributed by atoms with Crippen LogP contribution in [0.1, 0.15) is 56.0 Å². The van der Waals surface area contributed by atoms with Crippen LogP contribution in [-0.2, 0) is 13.1 Å². The highest BCUT2D eigenvalue weighted by molar-refractivity contribution is 5.23. The molecule has 1 aromatic rings. The van der Waals surface area contributed by atoms with Crippen LogP contribution < -0.4 is 5.73 Å². The van der Waals surface area contributed by atoms with E-state index in [2.05, 4.69) is 23.6 Å². The molecule has 0 saturated carbocycles. The summed E-state index contributed by atoms with van der Waals surface area (Å²) < 4.78 is 2.11. The maximum absolute atomic E-state index is 5.71. The van der Waals surface area contributed by atoms with E-state index in [-0.39, 0.29) is 0 Å². The molecule has 0 amide bonds. The van der Waals surface area contributed by atoms with Crippen molar-refractivity contribution < 1.29 is 0 Å². The lowest BCUT2D eigenvalue weighted by molar-refractivity contribution is 0.522. The van der Waals surface area contributed by atoms with E-state index in [4.69, 9.17) is 5.73 Å². The lowest BCUT2D eigenvalue weighted by Gasteiger charge is -2.04. The second-order valence-corrected chi connectivity index (χ2v) is 4.49. The lowest BCUT2D eigenvalue weighted by atomic mass is 10.1. The Hall–Kier alpha value is -0.830. The third kappa shape index (κ3) is 3.34. The maximum atomic E-state index is 5.71. The molecule has 16 heavy (non-hydrogen) atoms. The van der Waals surface area contributed by atoms with E-state index < -0.39 is 0 Å². The van der Waals surface area contributed by atoms with Gasteiger partial charge in [0.25, 0.3) is 0 Å². The maximum Gasteiger partial charge on any atom is 0.0641 e. The molecule has 2 N–H and O–H groups in total. The van der Waals surface area contributed by atoms with Crippen molar-refractivity contribution in [2.75, 3.05) is 0 Å². The van der Waals surface area contributed by atoms with E-state index in [9.17, 15) is 0 Å². The lowest BCUT2D eigenvalue weighted by Crippen LogP contribution is -2.04. The Morgan fingerprint density at radius 3 is 2.38 bits per heavy atom. The molecule has 0 fully saturated rings. The standard InChI is InChI=1S/C13H25N3/c1-4-5-6-7-8-9-16-12(3)13(10-14)11(2)15-16/h4-10,14H2,1-3H3. The van der Waals surface area contributed by atoms with Crippen molar-refractivity contribution in [3.63, 3.8) is 0 Å². The number of hydrogen-bond donors (Lipinski definition) is 1. The molecule has 0 spiro atoms. The van der Waals surface area contributed by atoms with Gasteiger partial charge in [-0.1, -0.05) is 32.6 Å². The number of nitrogens with two attached hydrogens (primary N) is 1. The predicted octanol–water partition coefficient (Wildman–Crippen LogP) is 2.93. The third-order valence-electron chi connectivity index (χ3n) is 3.21. The topological polar surface area (TPSA) is 43.8 Å². The molecule has 0 radical (unpaired) electrons. The van der Waals surface area contributed by atoms with Gasteiger partial charge in [0.05, 0.1) is 5.69 Å². The molecule has 0 aromatic carbocycles. The predicted molar refractivity (Wildman–Crippen MR) is 68.4 cm³/mol. The summed E-state index contributed by atoms with van der Waals surface area (Å²) in [5.41, 5.74) is 9.26. The fourth-order valence-electron chi connectivity index (χ4n) is 2.11. The Morgan fingerprint density at radius 1 is 1.12 bits per heavy atom. The Labute approximate surface area is 99.0 Å². The van der Waals surface area contributed by atoms with Crippen molar-refractivity contribution in [2.24, 2.45) is 5.73 Å². The second kappa shape index (κ2) is 6.69. The molecule has 0 aliphatic heterocycles. The van der Waals surface area contributed by atoms with Gasteiger partial charge >= 0.3 is 0 Å². The van der Waals surface area contributed by atoms with Crippen molar-refractivity contribution in [1.29, 1.82) is 0 Å². The molecule has 1 aromatic heterocycles. The molecule has 0 saturated heterocycles. The van der Waals surface area contributed by atoms with Crippen LogP contribution in [0, 0.1) is 13.8 Å². The number of aryl methyl sites for hydroxylation is 2. The Kier molecular flexibility index (Phi) is 5.53. The molecule has 92 valence electrons. The Bertz CT molecular complexity index is 315. The summed E-state index contributed by atoms with van der Waals surface area (Å²) in [6.07, 6.45) is 6.54. The van der Waals surface area contributed by atoms with E-state index >= 15 is 0 Å². The molecule has 1 rings (SSSR count). The molecule has 0 atom stereocenters. The van der Waals surface area contributed by atoms with Gasteiger partial charge in [0.15, 0.2) is 0 Å². The summed E-state index contributed by atoms with van der Waals surface area (Å²) in [4.78, 5) is 0. The SMILES string of the molecule is CCCCCCCn1nc(C)c(CN)c1C. The average Bonchev–Trinajstić information content (AvgIpc) is 2.53. The van der Waals surface area contributed by atoms with Crippen molar-refractivity contribution in [3.8, 4) is 0 Å². The van der Waals surface area contributed by atoms with Crippen LogP contribution in [0.15, 0.2) is 0 Å².